The zero-order valence-corrected chi connectivity index (χ0v) is 22.7. The molecule has 0 aliphatic carbocycles. The molecule has 5 rings (SSSR count). The van der Waals surface area contributed by atoms with Crippen LogP contribution in [-0.4, -0.2) is 85.7 Å². The van der Waals surface area contributed by atoms with Gasteiger partial charge in [0.25, 0.3) is 0 Å². The Balaban J connectivity index is 1.55. The molecule has 204 valence electrons. The summed E-state index contributed by atoms with van der Waals surface area (Å²) in [6, 6.07) is 9.38. The SMILES string of the molecule is COC(=O)c1cnc(Nc2cc(N)c(N(C)CCN(C)C)cc2OC)nc1-c1nn2c3c(cccc13)OCC2. The van der Waals surface area contributed by atoms with E-state index in [1.54, 1.807) is 13.2 Å². The zero-order valence-electron chi connectivity index (χ0n) is 22.7. The number of para-hydroxylation sites is 1. The van der Waals surface area contributed by atoms with E-state index in [-0.39, 0.29) is 11.5 Å². The van der Waals surface area contributed by atoms with Crippen LogP contribution in [0.4, 0.5) is 23.0 Å². The van der Waals surface area contributed by atoms with E-state index in [1.807, 2.05) is 50.1 Å². The van der Waals surface area contributed by atoms with Crippen molar-refractivity contribution >= 4 is 39.9 Å². The lowest BCUT2D eigenvalue weighted by Gasteiger charge is -2.24. The minimum Gasteiger partial charge on any atom is -0.494 e. The molecule has 1 aliphatic heterocycles. The number of hydrogen-bond acceptors (Lipinski definition) is 11. The number of esters is 1. The van der Waals surface area contributed by atoms with E-state index in [4.69, 9.17) is 30.0 Å². The van der Waals surface area contributed by atoms with Crippen molar-refractivity contribution in [2.24, 2.45) is 0 Å². The first-order chi connectivity index (χ1) is 18.8. The van der Waals surface area contributed by atoms with Crippen LogP contribution in [0.5, 0.6) is 11.5 Å². The molecule has 4 aromatic rings. The fourth-order valence-electron chi connectivity index (χ4n) is 4.56. The molecule has 3 N–H and O–H groups in total. The Bertz CT molecular complexity index is 1530. The van der Waals surface area contributed by atoms with Crippen molar-refractivity contribution in [1.82, 2.24) is 24.6 Å². The van der Waals surface area contributed by atoms with Gasteiger partial charge in [-0.05, 0) is 26.2 Å². The predicted octanol–water partition coefficient (Wildman–Crippen LogP) is 3.00. The second-order valence-corrected chi connectivity index (χ2v) is 9.48. The summed E-state index contributed by atoms with van der Waals surface area (Å²) >= 11 is 0. The average Bonchev–Trinajstić information content (AvgIpc) is 3.32. The Kier molecular flexibility index (Phi) is 7.11. The van der Waals surface area contributed by atoms with Gasteiger partial charge in [-0.25, -0.2) is 14.8 Å². The lowest BCUT2D eigenvalue weighted by molar-refractivity contribution is 0.0600. The number of hydrogen-bond donors (Lipinski definition) is 2. The summed E-state index contributed by atoms with van der Waals surface area (Å²) in [7, 11) is 8.95. The molecule has 0 atom stereocenters. The van der Waals surface area contributed by atoms with E-state index in [0.29, 0.717) is 41.7 Å². The summed E-state index contributed by atoms with van der Waals surface area (Å²) in [5.41, 5.74) is 10.4. The van der Waals surface area contributed by atoms with Gasteiger partial charge in [-0.2, -0.15) is 5.10 Å². The highest BCUT2D eigenvalue weighted by atomic mass is 16.5. The molecular formula is C27H32N8O4. The van der Waals surface area contributed by atoms with Crippen molar-refractivity contribution in [3.63, 3.8) is 0 Å². The van der Waals surface area contributed by atoms with Crippen LogP contribution < -0.4 is 25.4 Å². The third-order valence-corrected chi connectivity index (χ3v) is 6.60. The Labute approximate surface area is 226 Å². The molecular weight excluding hydrogens is 500 g/mol. The number of ether oxygens (including phenoxy) is 3. The zero-order chi connectivity index (χ0) is 27.7. The number of likely N-dealkylation sites (N-methyl/N-ethyl adjacent to an activating group) is 2. The highest BCUT2D eigenvalue weighted by Gasteiger charge is 2.25. The molecule has 2 aromatic carbocycles. The molecule has 12 heteroatoms. The summed E-state index contributed by atoms with van der Waals surface area (Å²) < 4.78 is 18.4. The second-order valence-electron chi connectivity index (χ2n) is 9.48. The molecule has 0 bridgehead atoms. The van der Waals surface area contributed by atoms with Gasteiger partial charge < -0.3 is 35.1 Å². The van der Waals surface area contributed by atoms with Gasteiger partial charge in [-0.15, -0.1) is 0 Å². The number of nitrogen functional groups attached to an aromatic ring is 1. The van der Waals surface area contributed by atoms with Gasteiger partial charge in [-0.3, -0.25) is 4.68 Å². The number of anilines is 4. The molecule has 0 amide bonds. The summed E-state index contributed by atoms with van der Waals surface area (Å²) in [6.07, 6.45) is 1.43. The normalized spacial score (nSPS) is 12.4. The number of aromatic nitrogens is 4. The first-order valence-corrected chi connectivity index (χ1v) is 12.5. The molecule has 1 aliphatic rings. The molecule has 3 heterocycles. The minimum atomic E-state index is -0.562. The molecule has 0 saturated heterocycles. The molecule has 0 fully saturated rings. The van der Waals surface area contributed by atoms with Gasteiger partial charge in [0.1, 0.15) is 40.6 Å². The number of methoxy groups -OCH3 is 2. The van der Waals surface area contributed by atoms with Crippen LogP contribution in [-0.2, 0) is 11.3 Å². The highest BCUT2D eigenvalue weighted by molar-refractivity contribution is 6.02. The summed E-state index contributed by atoms with van der Waals surface area (Å²) in [5.74, 6) is 0.989. The molecule has 0 radical (unpaired) electrons. The molecule has 0 spiro atoms. The van der Waals surface area contributed by atoms with E-state index < -0.39 is 5.97 Å². The van der Waals surface area contributed by atoms with Crippen molar-refractivity contribution in [3.8, 4) is 22.9 Å². The molecule has 12 nitrogen and oxygen atoms in total. The fraction of sp³-hybridized carbons (Fsp3) is 0.333. The van der Waals surface area contributed by atoms with Crippen molar-refractivity contribution in [2.45, 2.75) is 6.54 Å². The van der Waals surface area contributed by atoms with Crippen LogP contribution in [0.3, 0.4) is 0 Å². The van der Waals surface area contributed by atoms with Crippen LogP contribution in [0.25, 0.3) is 22.3 Å². The van der Waals surface area contributed by atoms with Crippen LogP contribution in [0.2, 0.25) is 0 Å². The lowest BCUT2D eigenvalue weighted by atomic mass is 10.1. The van der Waals surface area contributed by atoms with Gasteiger partial charge in [0.2, 0.25) is 5.95 Å². The third kappa shape index (κ3) is 4.98. The monoisotopic (exact) mass is 532 g/mol. The van der Waals surface area contributed by atoms with E-state index in [2.05, 4.69) is 20.1 Å². The summed E-state index contributed by atoms with van der Waals surface area (Å²) in [4.78, 5) is 26.0. The maximum atomic E-state index is 12.7. The topological polar surface area (TPSA) is 133 Å². The number of nitrogens with one attached hydrogen (secondary N) is 1. The van der Waals surface area contributed by atoms with Crippen LogP contribution in [0, 0.1) is 0 Å². The number of benzene rings is 2. The first kappa shape index (κ1) is 26.0. The van der Waals surface area contributed by atoms with Crippen LogP contribution >= 0.6 is 0 Å². The number of nitrogens with zero attached hydrogens (tertiary/aromatic N) is 6. The second kappa shape index (κ2) is 10.7. The minimum absolute atomic E-state index is 0.199. The highest BCUT2D eigenvalue weighted by Crippen LogP contribution is 2.38. The number of nitrogens with two attached hydrogens (primary N) is 1. The van der Waals surface area contributed by atoms with Gasteiger partial charge in [-0.1, -0.05) is 12.1 Å². The molecule has 39 heavy (non-hydrogen) atoms. The Hall–Kier alpha value is -4.58. The first-order valence-electron chi connectivity index (χ1n) is 12.5. The van der Waals surface area contributed by atoms with Crippen molar-refractivity contribution in [3.05, 3.63) is 42.1 Å². The maximum absolute atomic E-state index is 12.7. The summed E-state index contributed by atoms with van der Waals surface area (Å²) in [6.45, 7) is 2.76. The Morgan fingerprint density at radius 2 is 2.00 bits per heavy atom. The fourth-order valence-corrected chi connectivity index (χ4v) is 4.56. The summed E-state index contributed by atoms with van der Waals surface area (Å²) in [5, 5.41) is 8.80. The molecule has 0 saturated carbocycles. The molecule has 2 aromatic heterocycles. The van der Waals surface area contributed by atoms with E-state index >= 15 is 0 Å². The van der Waals surface area contributed by atoms with Gasteiger partial charge in [0.15, 0.2) is 0 Å². The number of carbonyl (C=O) groups excluding carboxylic acids is 1. The maximum Gasteiger partial charge on any atom is 0.341 e. The molecule has 0 unspecified atom stereocenters. The standard InChI is InChI=1S/C27H32N8O4/c1-33(2)9-10-34(3)20-14-22(37-4)19(13-18(20)28)30-27-29-15-17(26(36)38-5)23(31-27)24-16-7-6-8-21-25(16)35(32-24)11-12-39-21/h6-8,13-15H,9-12,28H2,1-5H3,(H,29,30,31). The van der Waals surface area contributed by atoms with Crippen molar-refractivity contribution < 1.29 is 19.0 Å². The lowest BCUT2D eigenvalue weighted by Crippen LogP contribution is -2.29. The van der Waals surface area contributed by atoms with E-state index in [1.165, 1.54) is 13.3 Å². The van der Waals surface area contributed by atoms with Crippen LogP contribution in [0.1, 0.15) is 10.4 Å². The third-order valence-electron chi connectivity index (χ3n) is 6.60. The quantitative estimate of drug-likeness (QED) is 0.243. The average molecular weight is 533 g/mol. The van der Waals surface area contributed by atoms with Gasteiger partial charge in [0, 0.05) is 37.8 Å². The largest absolute Gasteiger partial charge is 0.494 e. The van der Waals surface area contributed by atoms with E-state index in [9.17, 15) is 4.79 Å². The van der Waals surface area contributed by atoms with Gasteiger partial charge in [0.05, 0.1) is 37.8 Å². The van der Waals surface area contributed by atoms with Crippen LogP contribution in [0.15, 0.2) is 36.5 Å². The smallest absolute Gasteiger partial charge is 0.341 e. The van der Waals surface area contributed by atoms with Gasteiger partial charge >= 0.3 is 5.97 Å². The van der Waals surface area contributed by atoms with Crippen molar-refractivity contribution in [1.29, 1.82) is 0 Å². The van der Waals surface area contributed by atoms with Crippen molar-refractivity contribution in [2.75, 3.05) is 71.0 Å². The Morgan fingerprint density at radius 3 is 2.74 bits per heavy atom. The predicted molar refractivity (Wildman–Crippen MR) is 150 cm³/mol. The Morgan fingerprint density at radius 1 is 1.18 bits per heavy atom. The number of rotatable bonds is 9. The van der Waals surface area contributed by atoms with E-state index in [0.717, 1.165) is 35.4 Å². The number of carbonyl (C=O) groups is 1.